The molecule has 0 aliphatic carbocycles. The monoisotopic (exact) mass is 384 g/mol. The van der Waals surface area contributed by atoms with Gasteiger partial charge in [0, 0.05) is 33.0 Å². The second kappa shape index (κ2) is 11.0. The van der Waals surface area contributed by atoms with Gasteiger partial charge in [0.1, 0.15) is 11.5 Å². The molecule has 0 radical (unpaired) electrons. The number of carbonyl (C=O) groups is 2. The van der Waals surface area contributed by atoms with Gasteiger partial charge in [-0.1, -0.05) is 24.3 Å². The topological polar surface area (TPSA) is 67.9 Å². The van der Waals surface area contributed by atoms with E-state index in [4.69, 9.17) is 9.47 Å². The van der Waals surface area contributed by atoms with Crippen molar-refractivity contribution in [2.45, 2.75) is 26.3 Å². The Hall–Kier alpha value is -3.02. The van der Waals surface area contributed by atoms with E-state index in [1.807, 2.05) is 48.5 Å². The van der Waals surface area contributed by atoms with E-state index in [0.717, 1.165) is 29.0 Å². The highest BCUT2D eigenvalue weighted by atomic mass is 16.5. The van der Waals surface area contributed by atoms with Crippen molar-refractivity contribution in [2.75, 3.05) is 27.3 Å². The average molecular weight is 384 g/mol. The fraction of sp³-hybridized carbons (Fsp3) is 0.364. The third kappa shape index (κ3) is 6.95. The molecule has 0 bridgehead atoms. The molecule has 0 aliphatic heterocycles. The number of methoxy groups -OCH3 is 2. The molecule has 0 heterocycles. The zero-order valence-corrected chi connectivity index (χ0v) is 16.7. The molecule has 1 N–H and O–H groups in total. The first kappa shape index (κ1) is 21.3. The summed E-state index contributed by atoms with van der Waals surface area (Å²) in [5, 5.41) is 2.91. The lowest BCUT2D eigenvalue weighted by Crippen LogP contribution is -2.34. The first-order chi connectivity index (χ1) is 13.5. The fourth-order valence-electron chi connectivity index (χ4n) is 2.80. The number of amides is 2. The van der Waals surface area contributed by atoms with Crippen LogP contribution in [0.5, 0.6) is 11.5 Å². The van der Waals surface area contributed by atoms with Gasteiger partial charge >= 0.3 is 0 Å². The first-order valence-electron chi connectivity index (χ1n) is 9.30. The summed E-state index contributed by atoms with van der Waals surface area (Å²) >= 11 is 0. The normalized spacial score (nSPS) is 10.2. The Kier molecular flexibility index (Phi) is 8.34. The Bertz CT molecular complexity index is 774. The molecule has 2 rings (SSSR count). The Morgan fingerprint density at radius 2 is 1.68 bits per heavy atom. The molecule has 0 fully saturated rings. The van der Waals surface area contributed by atoms with E-state index in [1.54, 1.807) is 19.1 Å². The Morgan fingerprint density at radius 1 is 0.964 bits per heavy atom. The minimum absolute atomic E-state index is 0.0556. The van der Waals surface area contributed by atoms with Gasteiger partial charge in [-0.3, -0.25) is 9.59 Å². The van der Waals surface area contributed by atoms with Crippen LogP contribution >= 0.6 is 0 Å². The molecule has 2 amide bonds. The second-order valence-electron chi connectivity index (χ2n) is 6.49. The summed E-state index contributed by atoms with van der Waals surface area (Å²) < 4.78 is 10.3. The molecule has 0 saturated carbocycles. The molecule has 0 atom stereocenters. The molecule has 6 heteroatoms. The summed E-state index contributed by atoms with van der Waals surface area (Å²) in [5.74, 6) is 1.46. The molecule has 150 valence electrons. The highest BCUT2D eigenvalue weighted by Crippen LogP contribution is 2.14. The third-order valence-corrected chi connectivity index (χ3v) is 4.46. The van der Waals surface area contributed by atoms with Gasteiger partial charge < -0.3 is 19.7 Å². The second-order valence-corrected chi connectivity index (χ2v) is 6.49. The van der Waals surface area contributed by atoms with Crippen molar-refractivity contribution in [1.29, 1.82) is 0 Å². The van der Waals surface area contributed by atoms with E-state index in [0.29, 0.717) is 19.6 Å². The molecular weight excluding hydrogens is 356 g/mol. The number of rotatable bonds is 10. The predicted molar refractivity (Wildman–Crippen MR) is 108 cm³/mol. The Labute approximate surface area is 166 Å². The summed E-state index contributed by atoms with van der Waals surface area (Å²) in [6.45, 7) is 2.91. The van der Waals surface area contributed by atoms with Crippen LogP contribution in [-0.4, -0.2) is 44.0 Å². The van der Waals surface area contributed by atoms with E-state index in [2.05, 4.69) is 5.32 Å². The Balaban J connectivity index is 1.77. The van der Waals surface area contributed by atoms with Gasteiger partial charge in [0.15, 0.2) is 0 Å². The molecule has 0 aromatic heterocycles. The van der Waals surface area contributed by atoms with Crippen molar-refractivity contribution < 1.29 is 19.1 Å². The summed E-state index contributed by atoms with van der Waals surface area (Å²) in [6.07, 6.45) is 0.999. The molecule has 2 aromatic carbocycles. The number of nitrogens with one attached hydrogen (secondary N) is 1. The molecule has 2 aromatic rings. The van der Waals surface area contributed by atoms with Crippen molar-refractivity contribution in [3.63, 3.8) is 0 Å². The zero-order valence-electron chi connectivity index (χ0n) is 16.7. The van der Waals surface area contributed by atoms with Gasteiger partial charge in [-0.15, -0.1) is 0 Å². The zero-order chi connectivity index (χ0) is 20.4. The molecule has 28 heavy (non-hydrogen) atoms. The predicted octanol–water partition coefficient (Wildman–Crippen LogP) is 2.80. The van der Waals surface area contributed by atoms with Crippen LogP contribution in [0.3, 0.4) is 0 Å². The van der Waals surface area contributed by atoms with Crippen molar-refractivity contribution in [3.8, 4) is 11.5 Å². The fourth-order valence-corrected chi connectivity index (χ4v) is 2.80. The van der Waals surface area contributed by atoms with Crippen LogP contribution in [0.15, 0.2) is 48.5 Å². The maximum Gasteiger partial charge on any atom is 0.221 e. The SMILES string of the molecule is COc1ccc(CN(CCC(=O)NCCc2cccc(OC)c2)C(C)=O)cc1. The molecule has 0 aliphatic rings. The Morgan fingerprint density at radius 3 is 2.32 bits per heavy atom. The highest BCUT2D eigenvalue weighted by Gasteiger charge is 2.12. The first-order valence-corrected chi connectivity index (χ1v) is 9.30. The summed E-state index contributed by atoms with van der Waals surface area (Å²) in [4.78, 5) is 25.7. The molecule has 0 saturated heterocycles. The van der Waals surface area contributed by atoms with Gasteiger partial charge in [0.2, 0.25) is 11.8 Å². The summed E-state index contributed by atoms with van der Waals surface area (Å²) in [5.41, 5.74) is 2.10. The maximum atomic E-state index is 12.1. The quantitative estimate of drug-likeness (QED) is 0.684. The van der Waals surface area contributed by atoms with Crippen LogP contribution in [0.25, 0.3) is 0 Å². The number of benzene rings is 2. The largest absolute Gasteiger partial charge is 0.497 e. The lowest BCUT2D eigenvalue weighted by atomic mass is 10.1. The van der Waals surface area contributed by atoms with Gasteiger partial charge in [-0.25, -0.2) is 0 Å². The number of nitrogens with zero attached hydrogens (tertiary/aromatic N) is 1. The van der Waals surface area contributed by atoms with E-state index in [9.17, 15) is 9.59 Å². The van der Waals surface area contributed by atoms with E-state index < -0.39 is 0 Å². The van der Waals surface area contributed by atoms with Gasteiger partial charge in [0.25, 0.3) is 0 Å². The van der Waals surface area contributed by atoms with Crippen molar-refractivity contribution in [1.82, 2.24) is 10.2 Å². The highest BCUT2D eigenvalue weighted by molar-refractivity contribution is 5.78. The van der Waals surface area contributed by atoms with Crippen LogP contribution < -0.4 is 14.8 Å². The maximum absolute atomic E-state index is 12.1. The molecule has 0 spiro atoms. The van der Waals surface area contributed by atoms with Crippen molar-refractivity contribution >= 4 is 11.8 Å². The average Bonchev–Trinajstić information content (AvgIpc) is 2.71. The van der Waals surface area contributed by atoms with Crippen LogP contribution in [0, 0.1) is 0 Å². The van der Waals surface area contributed by atoms with E-state index in [1.165, 1.54) is 6.92 Å². The standard InChI is InChI=1S/C22H28N2O4/c1-17(25)24(16-19-7-9-20(27-2)10-8-19)14-12-22(26)23-13-11-18-5-4-6-21(15-18)28-3/h4-10,15H,11-14,16H2,1-3H3,(H,23,26). The third-order valence-electron chi connectivity index (χ3n) is 4.46. The van der Waals surface area contributed by atoms with Gasteiger partial charge in [-0.05, 0) is 41.8 Å². The molecular formula is C22H28N2O4. The van der Waals surface area contributed by atoms with E-state index in [-0.39, 0.29) is 18.2 Å². The van der Waals surface area contributed by atoms with Gasteiger partial charge in [-0.2, -0.15) is 0 Å². The van der Waals surface area contributed by atoms with Crippen LogP contribution in [0.1, 0.15) is 24.5 Å². The number of carbonyl (C=O) groups excluding carboxylic acids is 2. The number of hydrogen-bond donors (Lipinski definition) is 1. The number of ether oxygens (including phenoxy) is 2. The summed E-state index contributed by atoms with van der Waals surface area (Å²) in [7, 11) is 3.25. The van der Waals surface area contributed by atoms with Crippen LogP contribution in [-0.2, 0) is 22.6 Å². The lowest BCUT2D eigenvalue weighted by molar-refractivity contribution is -0.130. The number of hydrogen-bond acceptors (Lipinski definition) is 4. The lowest BCUT2D eigenvalue weighted by Gasteiger charge is -2.21. The molecule has 6 nitrogen and oxygen atoms in total. The van der Waals surface area contributed by atoms with Crippen LogP contribution in [0.2, 0.25) is 0 Å². The molecule has 0 unspecified atom stereocenters. The minimum Gasteiger partial charge on any atom is -0.497 e. The minimum atomic E-state index is -0.0659. The van der Waals surface area contributed by atoms with Crippen molar-refractivity contribution in [3.05, 3.63) is 59.7 Å². The smallest absolute Gasteiger partial charge is 0.221 e. The van der Waals surface area contributed by atoms with E-state index >= 15 is 0 Å². The van der Waals surface area contributed by atoms with Gasteiger partial charge in [0.05, 0.1) is 14.2 Å². The van der Waals surface area contributed by atoms with Crippen molar-refractivity contribution in [2.24, 2.45) is 0 Å². The summed E-state index contributed by atoms with van der Waals surface area (Å²) in [6, 6.07) is 15.3. The van der Waals surface area contributed by atoms with Crippen LogP contribution in [0.4, 0.5) is 0 Å².